The quantitative estimate of drug-likeness (QED) is 0.150. The number of nitrogens with zero attached hydrogens (tertiary/aromatic N) is 9. The maximum Gasteiger partial charge on any atom is 0.116 e. The molecule has 20 rings (SSSR count). The number of fused-ring (bicyclic) bond motifs is 24. The lowest BCUT2D eigenvalue weighted by Crippen LogP contribution is -1.87. The van der Waals surface area contributed by atoms with Crippen LogP contribution in [0.4, 0.5) is 0 Å². The van der Waals surface area contributed by atoms with Gasteiger partial charge in [-0.05, 0) is 84.9 Å². The first-order chi connectivity index (χ1) is 51.6. The first-order valence-electron chi connectivity index (χ1n) is 36.3. The van der Waals surface area contributed by atoms with Crippen molar-refractivity contribution in [2.75, 3.05) is 0 Å². The Morgan fingerprint density at radius 1 is 0.212 bits per heavy atom. The van der Waals surface area contributed by atoms with E-state index in [1.165, 1.54) is 97.2 Å². The number of benzene rings is 14. The van der Waals surface area contributed by atoms with Gasteiger partial charge in [0, 0.05) is 115 Å². The Morgan fingerprint density at radius 3 is 1.00 bits per heavy atom. The fraction of sp³-hybridized carbons (Fsp3) is 0.116. The van der Waals surface area contributed by atoms with Gasteiger partial charge < -0.3 is 4.57 Å². The summed E-state index contributed by atoms with van der Waals surface area (Å²) in [6.07, 6.45) is 14.1. The molecule has 0 atom stereocenters. The van der Waals surface area contributed by atoms with Crippen molar-refractivity contribution in [3.63, 3.8) is 0 Å². The van der Waals surface area contributed by atoms with Crippen molar-refractivity contribution >= 4 is 141 Å². The Bertz CT molecular complexity index is 4930. The van der Waals surface area contributed by atoms with E-state index in [-0.39, 0.29) is 0 Å². The summed E-state index contributed by atoms with van der Waals surface area (Å²) in [5.41, 5.74) is 10.8. The molecule has 0 aliphatic rings. The van der Waals surface area contributed by atoms with Gasteiger partial charge in [-0.25, -0.2) is 9.97 Å². The summed E-state index contributed by atoms with van der Waals surface area (Å²) < 4.78 is 2.24. The highest BCUT2D eigenvalue weighted by Crippen LogP contribution is 2.36. The average molecular weight is 1360 g/mol. The van der Waals surface area contributed by atoms with Gasteiger partial charge in [-0.3, -0.25) is 29.9 Å². The number of aromatic nitrogens is 9. The van der Waals surface area contributed by atoms with E-state index < -0.39 is 0 Å². The van der Waals surface area contributed by atoms with Crippen LogP contribution in [-0.4, -0.2) is 44.4 Å². The summed E-state index contributed by atoms with van der Waals surface area (Å²) in [6.45, 7) is 20.0. The highest BCUT2D eigenvalue weighted by molar-refractivity contribution is 6.26. The van der Waals surface area contributed by atoms with Gasteiger partial charge in [0.2, 0.25) is 0 Å². The van der Waals surface area contributed by atoms with E-state index in [0.29, 0.717) is 0 Å². The summed E-state index contributed by atoms with van der Waals surface area (Å²) in [4.78, 5) is 35.0. The van der Waals surface area contributed by atoms with Gasteiger partial charge in [0.15, 0.2) is 0 Å². The van der Waals surface area contributed by atoms with Gasteiger partial charge >= 0.3 is 0 Å². The van der Waals surface area contributed by atoms with Crippen molar-refractivity contribution in [3.8, 4) is 11.3 Å². The third-order valence-corrected chi connectivity index (χ3v) is 17.2. The summed E-state index contributed by atoms with van der Waals surface area (Å²) in [5.74, 6) is 0. The van der Waals surface area contributed by atoms with Gasteiger partial charge in [0.1, 0.15) is 6.33 Å². The number of hydrogen-bond donors (Lipinski definition) is 0. The molecule has 0 bridgehead atoms. The fourth-order valence-electron chi connectivity index (χ4n) is 12.9. The zero-order valence-corrected chi connectivity index (χ0v) is 61.4. The lowest BCUT2D eigenvalue weighted by molar-refractivity contribution is 1.01. The second-order valence-corrected chi connectivity index (χ2v) is 22.6. The zero-order chi connectivity index (χ0) is 73.0. The lowest BCUT2D eigenvalue weighted by atomic mass is 9.97. The Morgan fingerprint density at radius 2 is 0.538 bits per heavy atom. The van der Waals surface area contributed by atoms with Crippen LogP contribution >= 0.6 is 0 Å². The molecule has 9 heteroatoms. The number of pyridine rings is 2. The standard InChI is InChI=1S/C17H11N.2C16H10N2.C13H11N.C12H8N2.C11H9N.5C2H6/c1-2-7-14-12(6-1)13-8-3-4-9-15(13)17-16(14)10-5-11-18-17;1-3-7-13-11(5-1)12-6-2-4-8-14(12)16-15(13)17-9-10-18-16;1-2-7-13-11(5-1)12-6-3-4-8-14(12)16-15(13)9-17-10-18-16;1-14-12-8-4-2-6-10(12)11-7-3-5-9-13(11)14;1-2-4-10-9(3-1)5-6-11-12(10)14-8-7-13-11;1-2-6-10(7-3-1)11-8-4-5-9-12-11;5*1-2/h1-11H;2*1-10H;2-9H,1H3;1-8H;1-9H;5*1-2H3. The molecule has 0 aliphatic carbocycles. The maximum atomic E-state index is 4.56. The van der Waals surface area contributed by atoms with E-state index in [1.54, 1.807) is 31.1 Å². The molecule has 0 aliphatic heterocycles. The smallest absolute Gasteiger partial charge is 0.116 e. The molecule has 0 amide bonds. The van der Waals surface area contributed by atoms with Gasteiger partial charge in [-0.2, -0.15) is 0 Å². The molecule has 20 aromatic rings. The van der Waals surface area contributed by atoms with E-state index in [0.717, 1.165) is 55.1 Å². The molecule has 14 aromatic carbocycles. The van der Waals surface area contributed by atoms with Crippen molar-refractivity contribution < 1.29 is 0 Å². The Kier molecular flexibility index (Phi) is 26.8. The van der Waals surface area contributed by atoms with E-state index >= 15 is 0 Å². The van der Waals surface area contributed by atoms with E-state index in [2.05, 4.69) is 270 Å². The second kappa shape index (κ2) is 37.6. The van der Waals surface area contributed by atoms with Crippen LogP contribution in [-0.2, 0) is 7.05 Å². The molecule has 0 saturated carbocycles. The minimum Gasteiger partial charge on any atom is -0.344 e. The molecule has 6 aromatic heterocycles. The predicted octanol–water partition coefficient (Wildman–Crippen LogP) is 26.4. The average Bonchev–Trinajstić information content (AvgIpc) is 1.04. The lowest BCUT2D eigenvalue weighted by Gasteiger charge is -2.08. The molecule has 0 radical (unpaired) electrons. The van der Waals surface area contributed by atoms with Crippen LogP contribution in [0, 0.1) is 0 Å². The molecule has 0 fully saturated rings. The molecule has 9 nitrogen and oxygen atoms in total. The topological polar surface area (TPSA) is 108 Å². The summed E-state index contributed by atoms with van der Waals surface area (Å²) >= 11 is 0. The second-order valence-electron chi connectivity index (χ2n) is 22.6. The highest BCUT2D eigenvalue weighted by Gasteiger charge is 2.12. The van der Waals surface area contributed by atoms with Crippen molar-refractivity contribution in [2.45, 2.75) is 69.2 Å². The molecule has 0 N–H and O–H groups in total. The first kappa shape index (κ1) is 74.0. The molecule has 514 valence electrons. The SMILES string of the molecule is CC.CC.CC.CC.CC.Cn1c2ccccc2c2ccccc21.c1ccc(-c2ccccn2)cc1.c1ccc2c(c1)c1ccccc1c1ncccc21.c1ccc2c(c1)c1ccccc1c1nccnc21.c1ccc2c(c1)c1ccccc1c1ncncc21.c1ccc2c(c1)ccc1nccnc12. The summed E-state index contributed by atoms with van der Waals surface area (Å²) in [5, 5.41) is 22.2. The highest BCUT2D eigenvalue weighted by atomic mass is 14.9. The summed E-state index contributed by atoms with van der Waals surface area (Å²) in [6, 6.07) is 100. The van der Waals surface area contributed by atoms with Crippen molar-refractivity contribution in [1.29, 1.82) is 0 Å². The zero-order valence-electron chi connectivity index (χ0n) is 61.4. The van der Waals surface area contributed by atoms with Crippen LogP contribution in [0.15, 0.2) is 341 Å². The number of rotatable bonds is 1. The number of hydrogen-bond acceptors (Lipinski definition) is 8. The van der Waals surface area contributed by atoms with Gasteiger partial charge in [0.25, 0.3) is 0 Å². The molecule has 0 saturated heterocycles. The van der Waals surface area contributed by atoms with E-state index in [9.17, 15) is 0 Å². The molecular formula is C95H89N9. The molecule has 104 heavy (non-hydrogen) atoms. The molecule has 6 heterocycles. The Balaban J connectivity index is 0.000000131. The van der Waals surface area contributed by atoms with E-state index in [1.807, 2.05) is 161 Å². The number of para-hydroxylation sites is 2. The predicted molar refractivity (Wildman–Crippen MR) is 450 cm³/mol. The van der Waals surface area contributed by atoms with Crippen LogP contribution in [0.1, 0.15) is 69.2 Å². The fourth-order valence-corrected chi connectivity index (χ4v) is 12.9. The Labute approximate surface area is 610 Å². The van der Waals surface area contributed by atoms with Crippen LogP contribution in [0.3, 0.4) is 0 Å². The van der Waals surface area contributed by atoms with Crippen LogP contribution in [0.5, 0.6) is 0 Å². The van der Waals surface area contributed by atoms with E-state index in [4.69, 9.17) is 0 Å². The minimum absolute atomic E-state index is 0.950. The van der Waals surface area contributed by atoms with Crippen molar-refractivity contribution in [1.82, 2.24) is 44.4 Å². The molecule has 0 spiro atoms. The molecular weight excluding hydrogens is 1270 g/mol. The van der Waals surface area contributed by atoms with Crippen LogP contribution in [0.2, 0.25) is 0 Å². The monoisotopic (exact) mass is 1360 g/mol. The largest absolute Gasteiger partial charge is 0.344 e. The third-order valence-electron chi connectivity index (χ3n) is 17.2. The first-order valence-corrected chi connectivity index (χ1v) is 36.3. The maximum absolute atomic E-state index is 4.56. The molecule has 0 unspecified atom stereocenters. The number of aryl methyl sites for hydroxylation is 1. The minimum atomic E-state index is 0.950. The van der Waals surface area contributed by atoms with Gasteiger partial charge in [-0.15, -0.1) is 0 Å². The Hall–Kier alpha value is -12.7. The normalized spacial score (nSPS) is 10.3. The van der Waals surface area contributed by atoms with Crippen molar-refractivity contribution in [3.05, 3.63) is 341 Å². The van der Waals surface area contributed by atoms with Gasteiger partial charge in [-0.1, -0.05) is 324 Å². The third kappa shape index (κ3) is 16.2. The van der Waals surface area contributed by atoms with Crippen LogP contribution in [0.25, 0.3) is 152 Å². The van der Waals surface area contributed by atoms with Crippen LogP contribution < -0.4 is 0 Å². The summed E-state index contributed by atoms with van der Waals surface area (Å²) in [7, 11) is 2.12. The van der Waals surface area contributed by atoms with Crippen molar-refractivity contribution in [2.24, 2.45) is 7.05 Å². The van der Waals surface area contributed by atoms with Gasteiger partial charge in [0.05, 0.1) is 38.8 Å².